The van der Waals surface area contributed by atoms with Gasteiger partial charge in [0.1, 0.15) is 10.7 Å². The van der Waals surface area contributed by atoms with Gasteiger partial charge in [0.15, 0.2) is 11.6 Å². The normalized spacial score (nSPS) is 20.6. The summed E-state index contributed by atoms with van der Waals surface area (Å²) < 4.78 is 46.3. The fraction of sp³-hybridized carbons (Fsp3) is 0.421. The third-order valence-corrected chi connectivity index (χ3v) is 6.92. The lowest BCUT2D eigenvalue weighted by molar-refractivity contribution is 0.260. The number of piperidine rings is 1. The van der Waals surface area contributed by atoms with Crippen LogP contribution in [0.5, 0.6) is 5.75 Å². The number of rotatable bonds is 4. The van der Waals surface area contributed by atoms with E-state index in [1.54, 1.807) is 18.2 Å². The van der Waals surface area contributed by atoms with Gasteiger partial charge in [-0.05, 0) is 31.0 Å². The van der Waals surface area contributed by atoms with Crippen LogP contribution in [0.1, 0.15) is 37.3 Å². The highest BCUT2D eigenvalue weighted by Gasteiger charge is 2.27. The van der Waals surface area contributed by atoms with E-state index < -0.39 is 10.0 Å². The molecule has 0 aliphatic carbocycles. The van der Waals surface area contributed by atoms with Gasteiger partial charge in [-0.3, -0.25) is 0 Å². The molecule has 0 spiro atoms. The Morgan fingerprint density at radius 1 is 1.15 bits per heavy atom. The molecule has 2 aromatic rings. The van der Waals surface area contributed by atoms with Crippen molar-refractivity contribution in [2.75, 3.05) is 25.0 Å². The minimum Gasteiger partial charge on any atom is -0.490 e. The number of pyridine rings is 1. The van der Waals surface area contributed by atoms with E-state index in [1.807, 2.05) is 6.07 Å². The van der Waals surface area contributed by atoms with Gasteiger partial charge in [0.25, 0.3) is 0 Å². The first-order valence-electron chi connectivity index (χ1n) is 9.20. The maximum atomic E-state index is 13.9. The summed E-state index contributed by atoms with van der Waals surface area (Å²) in [6.45, 7) is 1.53. The molecule has 4 rings (SSSR count). The predicted molar refractivity (Wildman–Crippen MR) is 99.7 cm³/mol. The number of aromatic nitrogens is 1. The molecule has 1 N–H and O–H groups in total. The Labute approximate surface area is 158 Å². The average molecular weight is 391 g/mol. The third kappa shape index (κ3) is 3.64. The van der Waals surface area contributed by atoms with Crippen molar-refractivity contribution in [2.24, 2.45) is 0 Å². The summed E-state index contributed by atoms with van der Waals surface area (Å²) >= 11 is 0. The quantitative estimate of drug-likeness (QED) is 0.866. The van der Waals surface area contributed by atoms with Crippen LogP contribution in [0.25, 0.3) is 0 Å². The topological polar surface area (TPSA) is 71.5 Å². The number of para-hydroxylation sites is 1. The maximum Gasteiger partial charge on any atom is 0.244 e. The second-order valence-electron chi connectivity index (χ2n) is 6.84. The summed E-state index contributed by atoms with van der Waals surface area (Å²) in [5.41, 5.74) is 0.744. The molecule has 1 fully saturated rings. The molecule has 8 heteroatoms. The highest BCUT2D eigenvalue weighted by atomic mass is 32.2. The average Bonchev–Trinajstić information content (AvgIpc) is 2.70. The van der Waals surface area contributed by atoms with Crippen molar-refractivity contribution in [3.63, 3.8) is 0 Å². The predicted octanol–water partition coefficient (Wildman–Crippen LogP) is 3.33. The Bertz CT molecular complexity index is 912. The molecule has 1 atom stereocenters. The van der Waals surface area contributed by atoms with E-state index in [2.05, 4.69) is 10.3 Å². The highest BCUT2D eigenvalue weighted by Crippen LogP contribution is 2.35. The fourth-order valence-corrected chi connectivity index (χ4v) is 5.05. The summed E-state index contributed by atoms with van der Waals surface area (Å²) in [4.78, 5) is 4.48. The molecule has 1 aromatic heterocycles. The minimum absolute atomic E-state index is 0.137. The van der Waals surface area contributed by atoms with Gasteiger partial charge in [0.05, 0.1) is 12.6 Å². The molecule has 0 radical (unpaired) electrons. The summed E-state index contributed by atoms with van der Waals surface area (Å²) in [7, 11) is -3.49. The first kappa shape index (κ1) is 18.2. The number of sulfonamides is 1. The van der Waals surface area contributed by atoms with Gasteiger partial charge in [0, 0.05) is 31.3 Å². The lowest BCUT2D eigenvalue weighted by Crippen LogP contribution is -2.35. The van der Waals surface area contributed by atoms with Crippen LogP contribution >= 0.6 is 0 Å². The second-order valence-corrected chi connectivity index (χ2v) is 8.77. The van der Waals surface area contributed by atoms with Crippen molar-refractivity contribution < 1.29 is 17.5 Å². The zero-order chi connectivity index (χ0) is 18.9. The molecule has 0 unspecified atom stereocenters. The molecule has 0 bridgehead atoms. The molecule has 2 aliphatic rings. The van der Waals surface area contributed by atoms with Crippen LogP contribution in [0.3, 0.4) is 0 Å². The molecule has 1 saturated heterocycles. The van der Waals surface area contributed by atoms with E-state index in [0.29, 0.717) is 31.9 Å². The number of ether oxygens (including phenoxy) is 1. The summed E-state index contributed by atoms with van der Waals surface area (Å²) in [6.07, 6.45) is 4.92. The van der Waals surface area contributed by atoms with Gasteiger partial charge < -0.3 is 10.1 Å². The molecule has 3 heterocycles. The largest absolute Gasteiger partial charge is 0.490 e. The van der Waals surface area contributed by atoms with Crippen molar-refractivity contribution in [2.45, 2.75) is 36.6 Å². The van der Waals surface area contributed by atoms with E-state index in [1.165, 1.54) is 16.6 Å². The van der Waals surface area contributed by atoms with Gasteiger partial charge in [-0.2, -0.15) is 4.31 Å². The number of nitrogens with zero attached hydrogens (tertiary/aromatic N) is 2. The van der Waals surface area contributed by atoms with Crippen LogP contribution in [0.15, 0.2) is 41.4 Å². The summed E-state index contributed by atoms with van der Waals surface area (Å²) in [6, 6.07) is 7.95. The van der Waals surface area contributed by atoms with Crippen LogP contribution in [-0.4, -0.2) is 37.4 Å². The van der Waals surface area contributed by atoms with Crippen LogP contribution in [0.4, 0.5) is 10.2 Å². The van der Waals surface area contributed by atoms with Crippen molar-refractivity contribution in [3.05, 3.63) is 47.9 Å². The van der Waals surface area contributed by atoms with Crippen LogP contribution in [0.2, 0.25) is 0 Å². The molecule has 27 heavy (non-hydrogen) atoms. The SMILES string of the molecule is O=S(=O)(c1ccc(N[C@H]2CCOc3c(F)cccc32)nc1)N1CCCCC1. The molecule has 1 aromatic carbocycles. The molecular weight excluding hydrogens is 369 g/mol. The van der Waals surface area contributed by atoms with Crippen molar-refractivity contribution in [1.82, 2.24) is 9.29 Å². The number of halogens is 1. The number of nitrogens with one attached hydrogen (secondary N) is 1. The van der Waals surface area contributed by atoms with E-state index >= 15 is 0 Å². The smallest absolute Gasteiger partial charge is 0.244 e. The third-order valence-electron chi connectivity index (χ3n) is 5.04. The standard InChI is InChI=1S/C19H22FN3O3S/c20-16-6-4-5-15-17(9-12-26-19(15)16)22-18-8-7-14(13-21-18)27(24,25)23-10-2-1-3-11-23/h4-8,13,17H,1-3,9-12H2,(H,21,22)/t17-/m0/s1. The summed E-state index contributed by atoms with van der Waals surface area (Å²) in [5, 5.41) is 3.26. The van der Waals surface area contributed by atoms with Crippen LogP contribution in [0, 0.1) is 5.82 Å². The van der Waals surface area contributed by atoms with Gasteiger partial charge in [-0.1, -0.05) is 18.6 Å². The Hall–Kier alpha value is -2.19. The Balaban J connectivity index is 1.52. The van der Waals surface area contributed by atoms with Gasteiger partial charge in [-0.25, -0.2) is 17.8 Å². The lowest BCUT2D eigenvalue weighted by Gasteiger charge is -2.27. The van der Waals surface area contributed by atoms with E-state index in [0.717, 1.165) is 24.8 Å². The van der Waals surface area contributed by atoms with Crippen LogP contribution < -0.4 is 10.1 Å². The van der Waals surface area contributed by atoms with Crippen molar-refractivity contribution in [1.29, 1.82) is 0 Å². The first-order valence-corrected chi connectivity index (χ1v) is 10.6. The van der Waals surface area contributed by atoms with Gasteiger partial charge in [0.2, 0.25) is 10.0 Å². The van der Waals surface area contributed by atoms with Crippen LogP contribution in [-0.2, 0) is 10.0 Å². The Morgan fingerprint density at radius 3 is 2.70 bits per heavy atom. The Morgan fingerprint density at radius 2 is 1.96 bits per heavy atom. The number of hydrogen-bond acceptors (Lipinski definition) is 5. The highest BCUT2D eigenvalue weighted by molar-refractivity contribution is 7.89. The summed E-state index contributed by atoms with van der Waals surface area (Å²) in [5.74, 6) is 0.440. The number of fused-ring (bicyclic) bond motifs is 1. The van der Waals surface area contributed by atoms with E-state index in [-0.39, 0.29) is 22.5 Å². The zero-order valence-corrected chi connectivity index (χ0v) is 15.7. The number of anilines is 1. The molecule has 0 amide bonds. The molecule has 0 saturated carbocycles. The number of hydrogen-bond donors (Lipinski definition) is 1. The number of benzene rings is 1. The van der Waals surface area contributed by atoms with Crippen molar-refractivity contribution >= 4 is 15.8 Å². The maximum absolute atomic E-state index is 13.9. The second kappa shape index (κ2) is 7.44. The lowest BCUT2D eigenvalue weighted by atomic mass is 10.0. The molecule has 2 aliphatic heterocycles. The van der Waals surface area contributed by atoms with Gasteiger partial charge >= 0.3 is 0 Å². The molecule has 144 valence electrons. The van der Waals surface area contributed by atoms with Crippen molar-refractivity contribution in [3.8, 4) is 5.75 Å². The van der Waals surface area contributed by atoms with E-state index in [4.69, 9.17) is 4.74 Å². The molecular formula is C19H22FN3O3S. The minimum atomic E-state index is -3.49. The Kier molecular flexibility index (Phi) is 5.01. The molecule has 6 nitrogen and oxygen atoms in total. The van der Waals surface area contributed by atoms with Gasteiger partial charge in [-0.15, -0.1) is 0 Å². The fourth-order valence-electron chi connectivity index (χ4n) is 3.59. The first-order chi connectivity index (χ1) is 13.1. The monoisotopic (exact) mass is 391 g/mol. The van der Waals surface area contributed by atoms with E-state index in [9.17, 15) is 12.8 Å². The zero-order valence-electron chi connectivity index (χ0n) is 14.9.